The lowest BCUT2D eigenvalue weighted by Gasteiger charge is -2.28. The van der Waals surface area contributed by atoms with Crippen LogP contribution in [0.4, 0.5) is 0 Å². The summed E-state index contributed by atoms with van der Waals surface area (Å²) in [6.45, 7) is 2.98. The zero-order valence-corrected chi connectivity index (χ0v) is 10.2. The third-order valence-corrected chi connectivity index (χ3v) is 3.71. The normalized spacial score (nSPS) is 21.5. The lowest BCUT2D eigenvalue weighted by molar-refractivity contribution is 0.225. The molecule has 0 radical (unpaired) electrons. The molecule has 1 fully saturated rings. The van der Waals surface area contributed by atoms with Crippen molar-refractivity contribution in [3.8, 4) is 6.07 Å². The van der Waals surface area contributed by atoms with E-state index in [-0.39, 0.29) is 5.54 Å². The van der Waals surface area contributed by atoms with Crippen molar-refractivity contribution in [3.05, 3.63) is 0 Å². The van der Waals surface area contributed by atoms with Crippen LogP contribution in [0.3, 0.4) is 0 Å². The van der Waals surface area contributed by atoms with Crippen LogP contribution in [0.15, 0.2) is 0 Å². The predicted molar refractivity (Wildman–Crippen MR) is 62.6 cm³/mol. The van der Waals surface area contributed by atoms with Crippen LogP contribution in [-0.4, -0.2) is 37.1 Å². The monoisotopic (exact) mass is 209 g/mol. The third kappa shape index (κ3) is 3.48. The van der Waals surface area contributed by atoms with Crippen molar-refractivity contribution >= 4 is 0 Å². The van der Waals surface area contributed by atoms with Crippen molar-refractivity contribution in [2.45, 2.75) is 50.6 Å². The van der Waals surface area contributed by atoms with Crippen molar-refractivity contribution in [3.63, 3.8) is 0 Å². The van der Waals surface area contributed by atoms with Gasteiger partial charge in [0.15, 0.2) is 0 Å². The van der Waals surface area contributed by atoms with E-state index in [1.807, 2.05) is 14.0 Å². The second-order valence-corrected chi connectivity index (χ2v) is 4.86. The molecule has 0 bridgehead atoms. The maximum Gasteiger partial charge on any atom is 0.104 e. The molecule has 0 spiro atoms. The van der Waals surface area contributed by atoms with Crippen LogP contribution < -0.4 is 5.32 Å². The van der Waals surface area contributed by atoms with Crippen molar-refractivity contribution in [1.82, 2.24) is 10.2 Å². The van der Waals surface area contributed by atoms with Crippen LogP contribution in [0.25, 0.3) is 0 Å². The maximum absolute atomic E-state index is 9.03. The lowest BCUT2D eigenvalue weighted by atomic mass is 9.99. The molecule has 0 saturated heterocycles. The van der Waals surface area contributed by atoms with Gasteiger partial charge in [-0.3, -0.25) is 0 Å². The molecule has 0 amide bonds. The highest BCUT2D eigenvalue weighted by Gasteiger charge is 2.24. The standard InChI is InChI=1S/C12H23N3/c1-12(10-13,14-2)8-9-15(3)11-6-4-5-7-11/h11,14H,4-9H2,1-3H3. The molecule has 86 valence electrons. The summed E-state index contributed by atoms with van der Waals surface area (Å²) in [5.41, 5.74) is -0.368. The van der Waals surface area contributed by atoms with Crippen LogP contribution >= 0.6 is 0 Å². The minimum Gasteiger partial charge on any atom is -0.303 e. The van der Waals surface area contributed by atoms with E-state index >= 15 is 0 Å². The number of hydrogen-bond donors (Lipinski definition) is 1. The molecule has 0 aromatic rings. The first-order chi connectivity index (χ1) is 7.11. The number of rotatable bonds is 5. The maximum atomic E-state index is 9.03. The zero-order valence-electron chi connectivity index (χ0n) is 10.2. The first kappa shape index (κ1) is 12.5. The molecule has 1 rings (SSSR count). The van der Waals surface area contributed by atoms with Crippen molar-refractivity contribution in [2.24, 2.45) is 0 Å². The number of nitrogens with one attached hydrogen (secondary N) is 1. The molecule has 1 aliphatic carbocycles. The van der Waals surface area contributed by atoms with Gasteiger partial charge >= 0.3 is 0 Å². The Bertz CT molecular complexity index is 228. The van der Waals surface area contributed by atoms with Crippen LogP contribution in [0.1, 0.15) is 39.0 Å². The Hall–Kier alpha value is -0.590. The minimum absolute atomic E-state index is 0.368. The molecule has 1 unspecified atom stereocenters. The molecule has 1 N–H and O–H groups in total. The molecule has 3 nitrogen and oxygen atoms in total. The van der Waals surface area contributed by atoms with Crippen molar-refractivity contribution in [1.29, 1.82) is 5.26 Å². The molecule has 3 heteroatoms. The van der Waals surface area contributed by atoms with Gasteiger partial charge in [-0.2, -0.15) is 5.26 Å². The Kier molecular flexibility index (Phi) is 4.56. The van der Waals surface area contributed by atoms with E-state index in [0.29, 0.717) is 0 Å². The van der Waals surface area contributed by atoms with Gasteiger partial charge in [0.25, 0.3) is 0 Å². The first-order valence-electron chi connectivity index (χ1n) is 5.92. The fraction of sp³-hybridized carbons (Fsp3) is 0.917. The van der Waals surface area contributed by atoms with E-state index in [4.69, 9.17) is 5.26 Å². The minimum atomic E-state index is -0.368. The summed E-state index contributed by atoms with van der Waals surface area (Å²) in [6, 6.07) is 3.09. The van der Waals surface area contributed by atoms with Gasteiger partial charge in [-0.05, 0) is 40.3 Å². The second kappa shape index (κ2) is 5.48. The summed E-state index contributed by atoms with van der Waals surface area (Å²) < 4.78 is 0. The SMILES string of the molecule is CNC(C)(C#N)CCN(C)C1CCCC1. The van der Waals surface area contributed by atoms with Gasteiger partial charge in [0.2, 0.25) is 0 Å². The molecule has 15 heavy (non-hydrogen) atoms. The number of nitrogens with zero attached hydrogens (tertiary/aromatic N) is 2. The second-order valence-electron chi connectivity index (χ2n) is 4.86. The average Bonchev–Trinajstić information content (AvgIpc) is 2.79. The fourth-order valence-electron chi connectivity index (χ4n) is 2.16. The van der Waals surface area contributed by atoms with E-state index < -0.39 is 0 Å². The smallest absolute Gasteiger partial charge is 0.104 e. The quantitative estimate of drug-likeness (QED) is 0.750. The Morgan fingerprint density at radius 3 is 2.53 bits per heavy atom. The fourth-order valence-corrected chi connectivity index (χ4v) is 2.16. The molecule has 1 atom stereocenters. The van der Waals surface area contributed by atoms with Gasteiger partial charge in [-0.25, -0.2) is 0 Å². The van der Waals surface area contributed by atoms with Gasteiger partial charge in [0.05, 0.1) is 6.07 Å². The topological polar surface area (TPSA) is 39.1 Å². The molecule has 0 aliphatic heterocycles. The van der Waals surface area contributed by atoms with Crippen LogP contribution in [0, 0.1) is 11.3 Å². The van der Waals surface area contributed by atoms with E-state index in [1.165, 1.54) is 25.7 Å². The highest BCUT2D eigenvalue weighted by atomic mass is 15.1. The summed E-state index contributed by atoms with van der Waals surface area (Å²) >= 11 is 0. The van der Waals surface area contributed by atoms with Gasteiger partial charge in [-0.15, -0.1) is 0 Å². The Morgan fingerprint density at radius 2 is 2.07 bits per heavy atom. The largest absolute Gasteiger partial charge is 0.303 e. The van der Waals surface area contributed by atoms with Gasteiger partial charge in [-0.1, -0.05) is 12.8 Å². The summed E-state index contributed by atoms with van der Waals surface area (Å²) in [4.78, 5) is 2.42. The van der Waals surface area contributed by atoms with Crippen molar-refractivity contribution < 1.29 is 0 Å². The first-order valence-corrected chi connectivity index (χ1v) is 5.92. The Labute approximate surface area is 93.5 Å². The summed E-state index contributed by atoms with van der Waals surface area (Å²) in [6.07, 6.45) is 6.30. The van der Waals surface area contributed by atoms with Crippen LogP contribution in [0.2, 0.25) is 0 Å². The molecule has 1 saturated carbocycles. The Morgan fingerprint density at radius 1 is 1.47 bits per heavy atom. The number of hydrogen-bond acceptors (Lipinski definition) is 3. The summed E-state index contributed by atoms with van der Waals surface area (Å²) in [5, 5.41) is 12.1. The Balaban J connectivity index is 2.32. The molecule has 0 aromatic heterocycles. The van der Waals surface area contributed by atoms with E-state index in [2.05, 4.69) is 23.3 Å². The lowest BCUT2D eigenvalue weighted by Crippen LogP contribution is -2.42. The summed E-state index contributed by atoms with van der Waals surface area (Å²) in [7, 11) is 4.04. The van der Waals surface area contributed by atoms with Crippen LogP contribution in [0.5, 0.6) is 0 Å². The molecule has 1 aliphatic rings. The molecule has 0 heterocycles. The van der Waals surface area contributed by atoms with Gasteiger partial charge in [0.1, 0.15) is 5.54 Å². The number of nitriles is 1. The summed E-state index contributed by atoms with van der Waals surface area (Å²) in [5.74, 6) is 0. The van der Waals surface area contributed by atoms with Crippen molar-refractivity contribution in [2.75, 3.05) is 20.6 Å². The zero-order chi connectivity index (χ0) is 11.3. The molecular formula is C12H23N3. The van der Waals surface area contributed by atoms with E-state index in [0.717, 1.165) is 19.0 Å². The van der Waals surface area contributed by atoms with Crippen LogP contribution in [-0.2, 0) is 0 Å². The highest BCUT2D eigenvalue weighted by molar-refractivity contribution is 5.03. The molecular weight excluding hydrogens is 186 g/mol. The van der Waals surface area contributed by atoms with E-state index in [1.54, 1.807) is 0 Å². The van der Waals surface area contributed by atoms with Gasteiger partial charge in [0, 0.05) is 12.6 Å². The molecule has 0 aromatic carbocycles. The van der Waals surface area contributed by atoms with Gasteiger partial charge < -0.3 is 10.2 Å². The average molecular weight is 209 g/mol. The third-order valence-electron chi connectivity index (χ3n) is 3.71. The predicted octanol–water partition coefficient (Wildman–Crippen LogP) is 1.75. The highest BCUT2D eigenvalue weighted by Crippen LogP contribution is 2.23. The van der Waals surface area contributed by atoms with E-state index in [9.17, 15) is 0 Å².